The molecule has 0 aromatic heterocycles. The number of carbonyl (C=O) groups excluding carboxylic acids is 1. The van der Waals surface area contributed by atoms with Crippen molar-refractivity contribution in [1.29, 1.82) is 0 Å². The highest BCUT2D eigenvalue weighted by molar-refractivity contribution is 7.85. The van der Waals surface area contributed by atoms with Gasteiger partial charge in [0.2, 0.25) is 0 Å². The van der Waals surface area contributed by atoms with Gasteiger partial charge in [0.15, 0.2) is 0 Å². The molecular formula is C21H20FNO5S. The largest absolute Gasteiger partial charge is 0.484 e. The average molecular weight is 417 g/mol. The molecule has 1 atom stereocenters. The number of aryl methyl sites for hydroxylation is 1. The molecule has 1 amide bonds. The molecule has 2 aromatic rings. The van der Waals surface area contributed by atoms with Gasteiger partial charge in [-0.1, -0.05) is 18.2 Å². The van der Waals surface area contributed by atoms with E-state index in [1.54, 1.807) is 0 Å². The number of anilines is 1. The molecule has 0 fully saturated rings. The van der Waals surface area contributed by atoms with E-state index in [4.69, 9.17) is 8.92 Å². The molecule has 0 bridgehead atoms. The Kier molecular flexibility index (Phi) is 4.92. The van der Waals surface area contributed by atoms with E-state index < -0.39 is 15.9 Å². The van der Waals surface area contributed by atoms with Gasteiger partial charge in [0, 0.05) is 22.4 Å². The maximum absolute atomic E-state index is 13.7. The molecule has 2 aliphatic rings. The highest BCUT2D eigenvalue weighted by Crippen LogP contribution is 2.45. The number of halogens is 1. The molecule has 8 heteroatoms. The first-order valence-corrected chi connectivity index (χ1v) is 11.0. The number of amides is 1. The summed E-state index contributed by atoms with van der Waals surface area (Å²) in [7, 11) is -3.44. The Morgan fingerprint density at radius 3 is 2.72 bits per heavy atom. The van der Waals surface area contributed by atoms with Crippen LogP contribution in [0.25, 0.3) is 11.3 Å². The molecule has 2 aliphatic heterocycles. The molecule has 0 saturated carbocycles. The first-order chi connectivity index (χ1) is 13.7. The molecule has 0 saturated heterocycles. The van der Waals surface area contributed by atoms with Crippen molar-refractivity contribution in [2.24, 2.45) is 0 Å². The summed E-state index contributed by atoms with van der Waals surface area (Å²) < 4.78 is 46.6. The number of benzene rings is 2. The lowest BCUT2D eigenvalue weighted by molar-refractivity contribution is -0.110. The molecule has 152 valence electrons. The second-order valence-electron chi connectivity index (χ2n) is 7.16. The van der Waals surface area contributed by atoms with Crippen molar-refractivity contribution in [1.82, 2.24) is 0 Å². The summed E-state index contributed by atoms with van der Waals surface area (Å²) in [6.45, 7) is 2.02. The van der Waals surface area contributed by atoms with Crippen molar-refractivity contribution in [2.45, 2.75) is 25.9 Å². The Balaban J connectivity index is 1.63. The zero-order valence-corrected chi connectivity index (χ0v) is 16.8. The Labute approximate surface area is 168 Å². The zero-order valence-electron chi connectivity index (χ0n) is 16.0. The first-order valence-electron chi connectivity index (χ1n) is 9.23. The number of rotatable bonds is 5. The minimum absolute atomic E-state index is 0.125. The maximum Gasteiger partial charge on any atom is 0.264 e. The SMILES string of the molecule is CC1O/C(=C2/C(=O)Nc3ccc(F)cc32)c2ccc(CCCOS(C)(=O)=O)cc21. The van der Waals surface area contributed by atoms with E-state index in [2.05, 4.69) is 5.32 Å². The topological polar surface area (TPSA) is 81.7 Å². The van der Waals surface area contributed by atoms with Gasteiger partial charge in [0.1, 0.15) is 17.7 Å². The number of hydrogen-bond acceptors (Lipinski definition) is 5. The fourth-order valence-corrected chi connectivity index (χ4v) is 4.08. The van der Waals surface area contributed by atoms with Gasteiger partial charge in [-0.15, -0.1) is 0 Å². The van der Waals surface area contributed by atoms with Crippen LogP contribution in [0.15, 0.2) is 36.4 Å². The van der Waals surface area contributed by atoms with Crippen molar-refractivity contribution in [3.63, 3.8) is 0 Å². The lowest BCUT2D eigenvalue weighted by Gasteiger charge is -2.07. The highest BCUT2D eigenvalue weighted by Gasteiger charge is 2.35. The van der Waals surface area contributed by atoms with Crippen molar-refractivity contribution in [3.8, 4) is 0 Å². The molecule has 4 rings (SSSR count). The molecule has 0 radical (unpaired) electrons. The summed E-state index contributed by atoms with van der Waals surface area (Å²) in [4.78, 5) is 12.5. The van der Waals surface area contributed by atoms with Gasteiger partial charge in [-0.05, 0) is 43.5 Å². The van der Waals surface area contributed by atoms with Crippen LogP contribution in [0, 0.1) is 5.82 Å². The van der Waals surface area contributed by atoms with Crippen molar-refractivity contribution in [3.05, 3.63) is 64.5 Å². The van der Waals surface area contributed by atoms with Crippen molar-refractivity contribution in [2.75, 3.05) is 18.2 Å². The highest BCUT2D eigenvalue weighted by atomic mass is 32.2. The van der Waals surface area contributed by atoms with Gasteiger partial charge < -0.3 is 10.1 Å². The molecule has 1 N–H and O–H groups in total. The fourth-order valence-electron chi connectivity index (χ4n) is 3.66. The number of hydrogen-bond donors (Lipinski definition) is 1. The summed E-state index contributed by atoms with van der Waals surface area (Å²) in [6, 6.07) is 9.97. The van der Waals surface area contributed by atoms with E-state index in [0.29, 0.717) is 35.4 Å². The van der Waals surface area contributed by atoms with Crippen LogP contribution in [0.1, 0.15) is 41.7 Å². The predicted molar refractivity (Wildman–Crippen MR) is 107 cm³/mol. The molecule has 2 heterocycles. The lowest BCUT2D eigenvalue weighted by Crippen LogP contribution is -2.06. The Morgan fingerprint density at radius 1 is 1.17 bits per heavy atom. The van der Waals surface area contributed by atoms with E-state index in [1.165, 1.54) is 18.2 Å². The summed E-state index contributed by atoms with van der Waals surface area (Å²) >= 11 is 0. The first kappa shape index (κ1) is 19.6. The van der Waals surface area contributed by atoms with Gasteiger partial charge in [-0.25, -0.2) is 4.39 Å². The van der Waals surface area contributed by atoms with Gasteiger partial charge in [-0.2, -0.15) is 8.42 Å². The zero-order chi connectivity index (χ0) is 20.8. The number of nitrogens with one attached hydrogen (secondary N) is 1. The number of ether oxygens (including phenoxy) is 1. The average Bonchev–Trinajstić information content (AvgIpc) is 3.13. The summed E-state index contributed by atoms with van der Waals surface area (Å²) in [5.74, 6) is -0.291. The number of carbonyl (C=O) groups is 1. The third-order valence-corrected chi connectivity index (χ3v) is 5.55. The molecular weight excluding hydrogens is 397 g/mol. The standard InChI is InChI=1S/C21H20FNO5S/c1-12-16-10-13(4-3-9-27-29(2,25)26)5-7-15(16)20(28-12)19-17-11-14(22)6-8-18(17)23-21(19)24/h5-8,10-12H,3-4,9H2,1-2H3,(H,23,24)/b20-19+. The quantitative estimate of drug-likeness (QED) is 0.456. The van der Waals surface area contributed by atoms with Gasteiger partial charge in [0.05, 0.1) is 18.4 Å². The van der Waals surface area contributed by atoms with E-state index in [1.807, 2.05) is 25.1 Å². The Bertz CT molecular complexity index is 1140. The molecule has 0 spiro atoms. The molecule has 29 heavy (non-hydrogen) atoms. The van der Waals surface area contributed by atoms with Gasteiger partial charge in [0.25, 0.3) is 16.0 Å². The third-order valence-electron chi connectivity index (χ3n) is 4.95. The van der Waals surface area contributed by atoms with Crippen LogP contribution in [0.2, 0.25) is 0 Å². The molecule has 6 nitrogen and oxygen atoms in total. The van der Waals surface area contributed by atoms with Crippen LogP contribution in [-0.4, -0.2) is 27.2 Å². The fraction of sp³-hybridized carbons (Fsp3) is 0.286. The van der Waals surface area contributed by atoms with E-state index in [9.17, 15) is 17.6 Å². The second kappa shape index (κ2) is 7.27. The summed E-state index contributed by atoms with van der Waals surface area (Å²) in [5, 5.41) is 2.75. The van der Waals surface area contributed by atoms with Crippen LogP contribution in [0.4, 0.5) is 10.1 Å². The minimum atomic E-state index is -3.44. The lowest BCUT2D eigenvalue weighted by atomic mass is 9.96. The Hall–Kier alpha value is -2.71. The number of fused-ring (bicyclic) bond motifs is 2. The van der Waals surface area contributed by atoms with E-state index in [-0.39, 0.29) is 18.6 Å². The van der Waals surface area contributed by atoms with Crippen molar-refractivity contribution < 1.29 is 26.5 Å². The smallest absolute Gasteiger partial charge is 0.264 e. The third kappa shape index (κ3) is 3.90. The maximum atomic E-state index is 13.7. The normalized spacial score (nSPS) is 20.2. The monoisotopic (exact) mass is 417 g/mol. The van der Waals surface area contributed by atoms with Crippen LogP contribution < -0.4 is 5.32 Å². The van der Waals surface area contributed by atoms with Crippen LogP contribution >= 0.6 is 0 Å². The van der Waals surface area contributed by atoms with E-state index in [0.717, 1.165) is 22.9 Å². The van der Waals surface area contributed by atoms with Crippen LogP contribution in [0.5, 0.6) is 0 Å². The summed E-state index contributed by atoms with van der Waals surface area (Å²) in [5.41, 5.74) is 4.14. The van der Waals surface area contributed by atoms with E-state index >= 15 is 0 Å². The predicted octanol–water partition coefficient (Wildman–Crippen LogP) is 3.65. The minimum Gasteiger partial charge on any atom is -0.484 e. The van der Waals surface area contributed by atoms with Crippen LogP contribution in [-0.2, 0) is 30.3 Å². The van der Waals surface area contributed by atoms with Crippen molar-refractivity contribution >= 4 is 33.0 Å². The second-order valence-corrected chi connectivity index (χ2v) is 8.80. The van der Waals surface area contributed by atoms with Gasteiger partial charge >= 0.3 is 0 Å². The molecule has 0 aliphatic carbocycles. The Morgan fingerprint density at radius 2 is 1.97 bits per heavy atom. The molecule has 2 aromatic carbocycles. The molecule has 1 unspecified atom stereocenters. The van der Waals surface area contributed by atoms with Gasteiger partial charge in [-0.3, -0.25) is 8.98 Å². The van der Waals surface area contributed by atoms with Crippen LogP contribution in [0.3, 0.4) is 0 Å². The summed E-state index contributed by atoms with van der Waals surface area (Å²) in [6.07, 6.45) is 1.98.